The first-order valence-electron chi connectivity index (χ1n) is 18.4. The summed E-state index contributed by atoms with van der Waals surface area (Å²) in [5.74, 6) is 0.657. The molecule has 54 heavy (non-hydrogen) atoms. The summed E-state index contributed by atoms with van der Waals surface area (Å²) in [6.07, 6.45) is 0. The van der Waals surface area contributed by atoms with Crippen LogP contribution in [0.2, 0.25) is 0 Å². The number of nitrogens with zero attached hydrogens (tertiary/aromatic N) is 2. The summed E-state index contributed by atoms with van der Waals surface area (Å²) in [7, 11) is 0. The van der Waals surface area contributed by atoms with Gasteiger partial charge in [0.15, 0.2) is 11.4 Å². The highest BCUT2D eigenvalue weighted by Gasteiger charge is 2.46. The van der Waals surface area contributed by atoms with Crippen LogP contribution in [-0.2, 0) is 5.41 Å². The van der Waals surface area contributed by atoms with E-state index in [1.54, 1.807) is 0 Å². The van der Waals surface area contributed by atoms with Gasteiger partial charge in [0.2, 0.25) is 0 Å². The molecule has 0 amide bonds. The van der Waals surface area contributed by atoms with E-state index in [9.17, 15) is 0 Å². The summed E-state index contributed by atoms with van der Waals surface area (Å²) in [5.41, 5.74) is 14.0. The number of hydrogen-bond donors (Lipinski definition) is 0. The minimum atomic E-state index is -0.566. The van der Waals surface area contributed by atoms with Crippen molar-refractivity contribution in [3.8, 4) is 44.9 Å². The van der Waals surface area contributed by atoms with Crippen molar-refractivity contribution in [3.05, 3.63) is 216 Å². The fraction of sp³-hybridized carbons (Fsp3) is 0.0196. The van der Waals surface area contributed by atoms with Crippen LogP contribution in [0.4, 0.5) is 0 Å². The highest BCUT2D eigenvalue weighted by molar-refractivity contribution is 6.10. The lowest BCUT2D eigenvalue weighted by molar-refractivity contribution is 0.667. The molecule has 3 nitrogen and oxygen atoms in total. The zero-order valence-electron chi connectivity index (χ0n) is 29.3. The summed E-state index contributed by atoms with van der Waals surface area (Å²) in [4.78, 5) is 11.0. The molecule has 1 aliphatic carbocycles. The van der Waals surface area contributed by atoms with Crippen molar-refractivity contribution in [2.45, 2.75) is 5.41 Å². The van der Waals surface area contributed by atoms with Crippen LogP contribution in [-0.4, -0.2) is 9.97 Å². The topological polar surface area (TPSA) is 38.9 Å². The first-order valence-corrected chi connectivity index (χ1v) is 18.4. The lowest BCUT2D eigenvalue weighted by Gasteiger charge is -2.34. The Hall–Kier alpha value is -7.10. The van der Waals surface area contributed by atoms with Gasteiger partial charge in [-0.05, 0) is 79.5 Å². The molecule has 0 atom stereocenters. The van der Waals surface area contributed by atoms with Gasteiger partial charge in [0.25, 0.3) is 0 Å². The molecule has 252 valence electrons. The van der Waals surface area contributed by atoms with Crippen molar-refractivity contribution in [1.29, 1.82) is 0 Å². The Morgan fingerprint density at radius 2 is 1.02 bits per heavy atom. The van der Waals surface area contributed by atoms with Gasteiger partial charge in [0, 0.05) is 16.5 Å². The van der Waals surface area contributed by atoms with Gasteiger partial charge in [-0.3, -0.25) is 0 Å². The van der Waals surface area contributed by atoms with E-state index in [0.717, 1.165) is 55.2 Å². The third-order valence-corrected chi connectivity index (χ3v) is 11.2. The Balaban J connectivity index is 1.29. The standard InChI is InChI=1S/C51H32N2O/c1-4-17-34(18-5-1)41-31-42-38-26-12-14-29-44(38)51(35-21-6-2-7-22-35,36-23-8-3-9-24-36)45(42)32-43(41)50-52-47(39-28-16-20-33-19-10-11-25-37(33)39)49-48(53-50)40-27-13-15-30-46(40)54-49/h1-32H. The predicted octanol–water partition coefficient (Wildman–Crippen LogP) is 12.9. The largest absolute Gasteiger partial charge is 0.452 e. The van der Waals surface area contributed by atoms with Gasteiger partial charge in [0.05, 0.1) is 5.41 Å². The van der Waals surface area contributed by atoms with Crippen LogP contribution in [0.15, 0.2) is 199 Å². The van der Waals surface area contributed by atoms with Gasteiger partial charge in [-0.15, -0.1) is 0 Å². The van der Waals surface area contributed by atoms with Gasteiger partial charge in [-0.2, -0.15) is 0 Å². The molecule has 8 aromatic carbocycles. The summed E-state index contributed by atoms with van der Waals surface area (Å²) in [5, 5.41) is 3.23. The number of benzene rings is 8. The number of para-hydroxylation sites is 1. The number of aromatic nitrogens is 2. The van der Waals surface area contributed by atoms with E-state index in [1.807, 2.05) is 18.2 Å². The Morgan fingerprint density at radius 3 is 1.80 bits per heavy atom. The summed E-state index contributed by atoms with van der Waals surface area (Å²) < 4.78 is 6.63. The van der Waals surface area contributed by atoms with Crippen molar-refractivity contribution in [2.75, 3.05) is 0 Å². The predicted molar refractivity (Wildman–Crippen MR) is 220 cm³/mol. The fourth-order valence-corrected chi connectivity index (χ4v) is 8.86. The van der Waals surface area contributed by atoms with Gasteiger partial charge < -0.3 is 4.42 Å². The van der Waals surface area contributed by atoms with Crippen LogP contribution in [0.5, 0.6) is 0 Å². The minimum Gasteiger partial charge on any atom is -0.452 e. The molecule has 0 radical (unpaired) electrons. The van der Waals surface area contributed by atoms with E-state index in [-0.39, 0.29) is 0 Å². The average Bonchev–Trinajstić information content (AvgIpc) is 3.77. The quantitative estimate of drug-likeness (QED) is 0.181. The lowest BCUT2D eigenvalue weighted by atomic mass is 9.67. The monoisotopic (exact) mass is 688 g/mol. The molecule has 3 heteroatoms. The number of rotatable bonds is 5. The second-order valence-electron chi connectivity index (χ2n) is 14.0. The molecule has 0 saturated carbocycles. The van der Waals surface area contributed by atoms with E-state index in [1.165, 1.54) is 33.4 Å². The SMILES string of the molecule is c1ccc(-c2cc3c(cc2-c2nc(-c4cccc5ccccc45)c4oc5ccccc5c4n2)C(c2ccccc2)(c2ccccc2)c2ccccc2-3)cc1. The zero-order valence-corrected chi connectivity index (χ0v) is 29.3. The normalized spacial score (nSPS) is 13.0. The first-order chi connectivity index (χ1) is 26.8. The molecule has 10 aromatic rings. The molecule has 2 heterocycles. The summed E-state index contributed by atoms with van der Waals surface area (Å²) in [6, 6.07) is 69.2. The van der Waals surface area contributed by atoms with Gasteiger partial charge in [-0.25, -0.2) is 9.97 Å². The highest BCUT2D eigenvalue weighted by Crippen LogP contribution is 2.58. The number of fused-ring (bicyclic) bond motifs is 7. The Kier molecular flexibility index (Phi) is 6.77. The van der Waals surface area contributed by atoms with Gasteiger partial charge in [-0.1, -0.05) is 170 Å². The third kappa shape index (κ3) is 4.42. The van der Waals surface area contributed by atoms with E-state index < -0.39 is 5.41 Å². The molecule has 0 fully saturated rings. The van der Waals surface area contributed by atoms with E-state index >= 15 is 0 Å². The van der Waals surface area contributed by atoms with Gasteiger partial charge in [0.1, 0.15) is 16.8 Å². The number of hydrogen-bond acceptors (Lipinski definition) is 3. The Morgan fingerprint density at radius 1 is 0.407 bits per heavy atom. The zero-order chi connectivity index (χ0) is 35.6. The van der Waals surface area contributed by atoms with Crippen molar-refractivity contribution in [2.24, 2.45) is 0 Å². The van der Waals surface area contributed by atoms with Gasteiger partial charge >= 0.3 is 0 Å². The van der Waals surface area contributed by atoms with Crippen molar-refractivity contribution in [1.82, 2.24) is 9.97 Å². The second-order valence-corrected chi connectivity index (χ2v) is 14.0. The molecule has 0 aliphatic heterocycles. The summed E-state index contributed by atoms with van der Waals surface area (Å²) in [6.45, 7) is 0. The van der Waals surface area contributed by atoms with E-state index in [2.05, 4.69) is 176 Å². The molecule has 0 unspecified atom stereocenters. The van der Waals surface area contributed by atoms with E-state index in [4.69, 9.17) is 14.4 Å². The molecular weight excluding hydrogens is 657 g/mol. The first kappa shape index (κ1) is 30.5. The smallest absolute Gasteiger partial charge is 0.180 e. The van der Waals surface area contributed by atoms with Crippen molar-refractivity contribution >= 4 is 32.8 Å². The molecule has 1 aliphatic rings. The summed E-state index contributed by atoms with van der Waals surface area (Å²) >= 11 is 0. The van der Waals surface area contributed by atoms with Crippen LogP contribution in [0, 0.1) is 0 Å². The fourth-order valence-electron chi connectivity index (χ4n) is 8.86. The third-order valence-electron chi connectivity index (χ3n) is 11.2. The maximum atomic E-state index is 6.63. The average molecular weight is 689 g/mol. The minimum absolute atomic E-state index is 0.566. The Labute approximate surface area is 312 Å². The van der Waals surface area contributed by atoms with E-state index in [0.29, 0.717) is 11.4 Å². The van der Waals surface area contributed by atoms with Crippen LogP contribution >= 0.6 is 0 Å². The Bertz CT molecular complexity index is 2990. The highest BCUT2D eigenvalue weighted by atomic mass is 16.3. The van der Waals surface area contributed by atoms with Crippen LogP contribution in [0.3, 0.4) is 0 Å². The van der Waals surface area contributed by atoms with Crippen LogP contribution < -0.4 is 0 Å². The molecule has 0 saturated heterocycles. The van der Waals surface area contributed by atoms with Crippen molar-refractivity contribution in [3.63, 3.8) is 0 Å². The molecular formula is C51H32N2O. The molecule has 11 rings (SSSR count). The van der Waals surface area contributed by atoms with Crippen LogP contribution in [0.1, 0.15) is 22.3 Å². The maximum Gasteiger partial charge on any atom is 0.180 e. The number of furan rings is 1. The lowest BCUT2D eigenvalue weighted by Crippen LogP contribution is -2.28. The molecule has 2 aromatic heterocycles. The second kappa shape index (κ2) is 12.0. The maximum absolute atomic E-state index is 6.63. The molecule has 0 bridgehead atoms. The van der Waals surface area contributed by atoms with Crippen molar-refractivity contribution < 1.29 is 4.42 Å². The molecule has 0 N–H and O–H groups in total. The van der Waals surface area contributed by atoms with Crippen LogP contribution in [0.25, 0.3) is 77.7 Å². The molecule has 0 spiro atoms.